The van der Waals surface area contributed by atoms with Crippen molar-refractivity contribution in [1.82, 2.24) is 9.80 Å². The number of carbonyl (C=O) groups excluding carboxylic acids is 1. The van der Waals surface area contributed by atoms with Gasteiger partial charge in [-0.3, -0.25) is 4.79 Å². The van der Waals surface area contributed by atoms with E-state index >= 15 is 0 Å². The third-order valence-corrected chi connectivity index (χ3v) is 1.93. The van der Waals surface area contributed by atoms with Crippen molar-refractivity contribution in [2.75, 3.05) is 33.2 Å². The van der Waals surface area contributed by atoms with Crippen LogP contribution in [0.4, 0.5) is 0 Å². The van der Waals surface area contributed by atoms with Gasteiger partial charge in [0.15, 0.2) is 6.61 Å². The Bertz CT molecular complexity index is 141. The standard InChI is InChI=1S/C7H13N2O2/c1-8-2-4-9(5-3-8)7(11)6-10/h6,10H,2-5H2,1H3. The monoisotopic (exact) mass is 157 g/mol. The van der Waals surface area contributed by atoms with Crippen molar-refractivity contribution in [1.29, 1.82) is 0 Å². The van der Waals surface area contributed by atoms with Crippen molar-refractivity contribution in [2.45, 2.75) is 0 Å². The second-order valence-corrected chi connectivity index (χ2v) is 2.76. The molecule has 1 rings (SSSR count). The number of rotatable bonds is 1. The van der Waals surface area contributed by atoms with Crippen molar-refractivity contribution >= 4 is 5.91 Å². The molecule has 0 aliphatic carbocycles. The van der Waals surface area contributed by atoms with E-state index in [0.29, 0.717) is 19.7 Å². The van der Waals surface area contributed by atoms with Crippen LogP contribution < -0.4 is 0 Å². The van der Waals surface area contributed by atoms with Gasteiger partial charge in [0.1, 0.15) is 0 Å². The minimum Gasteiger partial charge on any atom is -0.380 e. The fourth-order valence-corrected chi connectivity index (χ4v) is 1.11. The molecule has 0 aromatic rings. The highest BCUT2D eigenvalue weighted by Crippen LogP contribution is 1.99. The fraction of sp³-hybridized carbons (Fsp3) is 0.714. The number of hydrogen-bond acceptors (Lipinski definition) is 3. The third-order valence-electron chi connectivity index (χ3n) is 1.93. The number of piperazine rings is 1. The van der Waals surface area contributed by atoms with Gasteiger partial charge in [0.05, 0.1) is 0 Å². The van der Waals surface area contributed by atoms with Gasteiger partial charge in [-0.2, -0.15) is 0 Å². The van der Waals surface area contributed by atoms with Crippen molar-refractivity contribution < 1.29 is 9.90 Å². The van der Waals surface area contributed by atoms with Crippen LogP contribution in [-0.4, -0.2) is 54.0 Å². The largest absolute Gasteiger partial charge is 0.380 e. The first kappa shape index (κ1) is 8.49. The summed E-state index contributed by atoms with van der Waals surface area (Å²) >= 11 is 0. The van der Waals surface area contributed by atoms with Gasteiger partial charge in [0, 0.05) is 26.2 Å². The Kier molecular flexibility index (Phi) is 2.84. The van der Waals surface area contributed by atoms with Gasteiger partial charge in [-0.05, 0) is 7.05 Å². The first-order chi connectivity index (χ1) is 5.24. The number of carbonyl (C=O) groups is 1. The molecule has 0 aromatic heterocycles. The highest BCUT2D eigenvalue weighted by Gasteiger charge is 2.17. The van der Waals surface area contributed by atoms with E-state index in [1.165, 1.54) is 0 Å². The topological polar surface area (TPSA) is 43.8 Å². The highest BCUT2D eigenvalue weighted by molar-refractivity contribution is 5.82. The van der Waals surface area contributed by atoms with Gasteiger partial charge in [-0.15, -0.1) is 0 Å². The molecule has 0 atom stereocenters. The lowest BCUT2D eigenvalue weighted by atomic mass is 10.3. The number of hydrogen-bond donors (Lipinski definition) is 1. The summed E-state index contributed by atoms with van der Waals surface area (Å²) < 4.78 is 0. The Hall–Kier alpha value is -0.610. The molecule has 4 nitrogen and oxygen atoms in total. The number of aliphatic hydroxyl groups excluding tert-OH is 1. The van der Waals surface area contributed by atoms with E-state index in [0.717, 1.165) is 13.1 Å². The summed E-state index contributed by atoms with van der Waals surface area (Å²) in [4.78, 5) is 14.7. The molecule has 0 aromatic carbocycles. The van der Waals surface area contributed by atoms with E-state index in [1.54, 1.807) is 4.90 Å². The lowest BCUT2D eigenvalue weighted by Gasteiger charge is -2.31. The van der Waals surface area contributed by atoms with Crippen molar-refractivity contribution in [3.8, 4) is 0 Å². The normalized spacial score (nSPS) is 20.4. The maximum absolute atomic E-state index is 10.9. The predicted molar refractivity (Wildman–Crippen MR) is 40.3 cm³/mol. The van der Waals surface area contributed by atoms with Crippen LogP contribution in [0.15, 0.2) is 0 Å². The molecular weight excluding hydrogens is 144 g/mol. The van der Waals surface area contributed by atoms with Gasteiger partial charge in [-0.25, -0.2) is 0 Å². The maximum atomic E-state index is 10.9. The SMILES string of the molecule is CN1CCN(C(=O)[CH]O)CC1. The van der Waals surface area contributed by atoms with Crippen LogP contribution in [0.3, 0.4) is 0 Å². The number of likely N-dealkylation sites (N-methyl/N-ethyl adjacent to an activating group) is 1. The molecule has 1 radical (unpaired) electrons. The van der Waals surface area contributed by atoms with Crippen LogP contribution in [-0.2, 0) is 4.79 Å². The molecule has 1 N–H and O–H groups in total. The Morgan fingerprint density at radius 1 is 1.36 bits per heavy atom. The third kappa shape index (κ3) is 2.17. The average molecular weight is 157 g/mol. The minimum absolute atomic E-state index is 0.280. The quantitative estimate of drug-likeness (QED) is 0.547. The molecule has 1 saturated heterocycles. The average Bonchev–Trinajstić information content (AvgIpc) is 2.05. The Morgan fingerprint density at radius 2 is 1.91 bits per heavy atom. The summed E-state index contributed by atoms with van der Waals surface area (Å²) in [5, 5.41) is 8.42. The summed E-state index contributed by atoms with van der Waals surface area (Å²) in [6, 6.07) is 0. The van der Waals surface area contributed by atoms with Crippen molar-refractivity contribution in [3.05, 3.63) is 6.61 Å². The van der Waals surface area contributed by atoms with Crippen LogP contribution in [0, 0.1) is 6.61 Å². The molecule has 0 spiro atoms. The second kappa shape index (κ2) is 3.69. The Labute approximate surface area is 66.4 Å². The molecule has 0 unspecified atom stereocenters. The predicted octanol–water partition coefficient (Wildman–Crippen LogP) is -0.705. The zero-order valence-corrected chi connectivity index (χ0v) is 6.66. The summed E-state index contributed by atoms with van der Waals surface area (Å²) in [5.41, 5.74) is 0. The molecule has 11 heavy (non-hydrogen) atoms. The van der Waals surface area contributed by atoms with E-state index in [2.05, 4.69) is 4.90 Å². The van der Waals surface area contributed by atoms with Crippen LogP contribution in [0.2, 0.25) is 0 Å². The van der Waals surface area contributed by atoms with Gasteiger partial charge in [-0.1, -0.05) is 0 Å². The van der Waals surface area contributed by atoms with E-state index in [9.17, 15) is 4.79 Å². The van der Waals surface area contributed by atoms with E-state index in [4.69, 9.17) is 5.11 Å². The van der Waals surface area contributed by atoms with Crippen LogP contribution in [0.1, 0.15) is 0 Å². The van der Waals surface area contributed by atoms with Gasteiger partial charge in [0.2, 0.25) is 0 Å². The first-order valence-corrected chi connectivity index (χ1v) is 3.69. The summed E-state index contributed by atoms with van der Waals surface area (Å²) in [5.74, 6) is -0.280. The molecule has 1 fully saturated rings. The molecule has 63 valence electrons. The molecule has 1 heterocycles. The Morgan fingerprint density at radius 3 is 2.36 bits per heavy atom. The lowest BCUT2D eigenvalue weighted by molar-refractivity contribution is -0.132. The number of nitrogens with zero attached hydrogens (tertiary/aromatic N) is 2. The van der Waals surface area contributed by atoms with E-state index < -0.39 is 0 Å². The van der Waals surface area contributed by atoms with Crippen molar-refractivity contribution in [3.63, 3.8) is 0 Å². The van der Waals surface area contributed by atoms with Gasteiger partial charge in [0.25, 0.3) is 5.91 Å². The van der Waals surface area contributed by atoms with E-state index in [1.807, 2.05) is 7.05 Å². The van der Waals surface area contributed by atoms with Crippen LogP contribution in [0.25, 0.3) is 0 Å². The summed E-state index contributed by atoms with van der Waals surface area (Å²) in [6.45, 7) is 3.84. The zero-order valence-electron chi connectivity index (χ0n) is 6.66. The molecule has 1 aliphatic heterocycles. The molecule has 1 amide bonds. The second-order valence-electron chi connectivity index (χ2n) is 2.76. The van der Waals surface area contributed by atoms with E-state index in [-0.39, 0.29) is 5.91 Å². The fourth-order valence-electron chi connectivity index (χ4n) is 1.11. The molecule has 4 heteroatoms. The Balaban J connectivity index is 2.33. The number of aliphatic hydroxyl groups is 1. The van der Waals surface area contributed by atoms with Crippen molar-refractivity contribution in [2.24, 2.45) is 0 Å². The molecular formula is C7H13N2O2. The van der Waals surface area contributed by atoms with Crippen LogP contribution >= 0.6 is 0 Å². The molecule has 0 bridgehead atoms. The molecule has 1 aliphatic rings. The molecule has 0 saturated carbocycles. The summed E-state index contributed by atoms with van der Waals surface area (Å²) in [6.07, 6.45) is 0. The first-order valence-electron chi connectivity index (χ1n) is 3.69. The highest BCUT2D eigenvalue weighted by atomic mass is 16.3. The smallest absolute Gasteiger partial charge is 0.254 e. The van der Waals surface area contributed by atoms with Gasteiger partial charge >= 0.3 is 0 Å². The number of amides is 1. The lowest BCUT2D eigenvalue weighted by Crippen LogP contribution is -2.47. The zero-order chi connectivity index (χ0) is 8.27. The minimum atomic E-state index is -0.280. The van der Waals surface area contributed by atoms with Gasteiger partial charge < -0.3 is 14.9 Å². The maximum Gasteiger partial charge on any atom is 0.254 e. The van der Waals surface area contributed by atoms with Crippen LogP contribution in [0.5, 0.6) is 0 Å². The summed E-state index contributed by atoms with van der Waals surface area (Å²) in [7, 11) is 2.02.